The summed E-state index contributed by atoms with van der Waals surface area (Å²) in [6, 6.07) is 0. The standard InChI is InChI=1S/C72H140O17P2/c1-8-9-10-11-12-24-31-39-46-53-69(74)82-60-68(89-72(77)56-49-42-35-34-38-45-52-65(6)7)62-87-91(80,81)85-58-66(73)57-84-90(78,79)86-61-67(59-83-70(75)54-47-40-32-27-22-19-18-21-26-30-37-44-51-64(4)5)88-71(76)55-48-41-33-28-23-17-15-13-14-16-20-25-29-36-43-50-63(2)3/h63-68,73H,8-62H2,1-7H3,(H,78,79)(H,80,81)/t66-,67-,68-/m1/s1. The van der Waals surface area contributed by atoms with E-state index in [1.54, 1.807) is 0 Å². The van der Waals surface area contributed by atoms with E-state index in [0.29, 0.717) is 31.6 Å². The van der Waals surface area contributed by atoms with Gasteiger partial charge in [-0.1, -0.05) is 312 Å². The van der Waals surface area contributed by atoms with Crippen molar-refractivity contribution in [3.05, 3.63) is 0 Å². The molecule has 0 rings (SSSR count). The summed E-state index contributed by atoms with van der Waals surface area (Å²) in [6.07, 6.45) is 47.4. The minimum absolute atomic E-state index is 0.102. The summed E-state index contributed by atoms with van der Waals surface area (Å²) in [4.78, 5) is 72.5. The van der Waals surface area contributed by atoms with E-state index in [4.69, 9.17) is 37.0 Å². The predicted octanol–water partition coefficient (Wildman–Crippen LogP) is 20.6. The lowest BCUT2D eigenvalue weighted by Gasteiger charge is -2.21. The lowest BCUT2D eigenvalue weighted by molar-refractivity contribution is -0.161. The van der Waals surface area contributed by atoms with Crippen LogP contribution >= 0.6 is 15.6 Å². The highest BCUT2D eigenvalue weighted by atomic mass is 31.2. The molecule has 2 unspecified atom stereocenters. The molecule has 540 valence electrons. The largest absolute Gasteiger partial charge is 0.472 e. The Balaban J connectivity index is 5.21. The van der Waals surface area contributed by atoms with Crippen LogP contribution in [-0.2, 0) is 65.4 Å². The van der Waals surface area contributed by atoms with Gasteiger partial charge in [0, 0.05) is 25.7 Å². The molecule has 0 radical (unpaired) electrons. The molecule has 0 fully saturated rings. The second-order valence-corrected chi connectivity index (χ2v) is 30.3. The maximum Gasteiger partial charge on any atom is 0.472 e. The first-order valence-electron chi connectivity index (χ1n) is 37.3. The normalized spacial score (nSPS) is 14.2. The molecule has 3 N–H and O–H groups in total. The second-order valence-electron chi connectivity index (χ2n) is 27.4. The number of aliphatic hydroxyl groups excluding tert-OH is 1. The van der Waals surface area contributed by atoms with Crippen molar-refractivity contribution in [1.29, 1.82) is 0 Å². The summed E-state index contributed by atoms with van der Waals surface area (Å²) in [5.41, 5.74) is 0. The van der Waals surface area contributed by atoms with Gasteiger partial charge < -0.3 is 33.8 Å². The number of hydrogen-bond donors (Lipinski definition) is 3. The third kappa shape index (κ3) is 66.5. The highest BCUT2D eigenvalue weighted by molar-refractivity contribution is 7.47. The Morgan fingerprint density at radius 3 is 0.747 bits per heavy atom. The third-order valence-electron chi connectivity index (χ3n) is 16.6. The number of esters is 4. The highest BCUT2D eigenvalue weighted by Crippen LogP contribution is 2.45. The van der Waals surface area contributed by atoms with Crippen LogP contribution in [0.2, 0.25) is 0 Å². The molecule has 0 aromatic rings. The number of phosphoric acid groups is 2. The Morgan fingerprint density at radius 1 is 0.297 bits per heavy atom. The van der Waals surface area contributed by atoms with Gasteiger partial charge in [0.05, 0.1) is 26.4 Å². The van der Waals surface area contributed by atoms with Crippen LogP contribution in [0.1, 0.15) is 363 Å². The molecular formula is C72H140O17P2. The molecule has 0 aliphatic heterocycles. The van der Waals surface area contributed by atoms with Gasteiger partial charge in [-0.15, -0.1) is 0 Å². The van der Waals surface area contributed by atoms with Crippen molar-refractivity contribution < 1.29 is 80.2 Å². The van der Waals surface area contributed by atoms with Gasteiger partial charge in [0.25, 0.3) is 0 Å². The van der Waals surface area contributed by atoms with Gasteiger partial charge in [-0.2, -0.15) is 0 Å². The number of rotatable bonds is 70. The van der Waals surface area contributed by atoms with Crippen LogP contribution in [0.5, 0.6) is 0 Å². The van der Waals surface area contributed by atoms with Crippen molar-refractivity contribution in [3.8, 4) is 0 Å². The van der Waals surface area contributed by atoms with Crippen LogP contribution in [0.25, 0.3) is 0 Å². The van der Waals surface area contributed by atoms with Crippen LogP contribution in [0.15, 0.2) is 0 Å². The zero-order valence-corrected chi connectivity index (χ0v) is 61.1. The van der Waals surface area contributed by atoms with Crippen LogP contribution in [0, 0.1) is 17.8 Å². The SMILES string of the molecule is CCCCCCCCCCCC(=O)OC[C@H](COP(=O)(O)OC[C@H](O)COP(=O)(O)OC[C@@H](COC(=O)CCCCCCCCCCCCCCC(C)C)OC(=O)CCCCCCCCCCCCCCCCCC(C)C)OC(=O)CCCCCCCCC(C)C. The fraction of sp³-hybridized carbons (Fsp3) is 0.944. The lowest BCUT2D eigenvalue weighted by atomic mass is 10.0. The van der Waals surface area contributed by atoms with Crippen molar-refractivity contribution in [3.63, 3.8) is 0 Å². The fourth-order valence-corrected chi connectivity index (χ4v) is 12.5. The first-order chi connectivity index (χ1) is 43.7. The van der Waals surface area contributed by atoms with Crippen molar-refractivity contribution in [1.82, 2.24) is 0 Å². The van der Waals surface area contributed by atoms with E-state index in [1.807, 2.05) is 0 Å². The lowest BCUT2D eigenvalue weighted by Crippen LogP contribution is -2.30. The number of phosphoric ester groups is 2. The molecule has 0 saturated heterocycles. The van der Waals surface area contributed by atoms with Crippen molar-refractivity contribution in [2.24, 2.45) is 17.8 Å². The number of ether oxygens (including phenoxy) is 4. The molecule has 0 saturated carbocycles. The minimum atomic E-state index is -4.95. The Kier molecular flexibility index (Phi) is 61.5. The van der Waals surface area contributed by atoms with Crippen LogP contribution in [-0.4, -0.2) is 96.7 Å². The smallest absolute Gasteiger partial charge is 0.462 e. The molecule has 19 heteroatoms. The minimum Gasteiger partial charge on any atom is -0.462 e. The van der Waals surface area contributed by atoms with E-state index in [0.717, 1.165) is 102 Å². The Labute approximate surface area is 556 Å². The van der Waals surface area contributed by atoms with Gasteiger partial charge in [-0.3, -0.25) is 37.3 Å². The molecule has 0 aliphatic rings. The molecule has 0 spiro atoms. The van der Waals surface area contributed by atoms with Gasteiger partial charge in [0.2, 0.25) is 0 Å². The summed E-state index contributed by atoms with van der Waals surface area (Å²) >= 11 is 0. The quantitative estimate of drug-likeness (QED) is 0.0222. The van der Waals surface area contributed by atoms with Gasteiger partial charge in [-0.05, 0) is 43.4 Å². The van der Waals surface area contributed by atoms with E-state index >= 15 is 0 Å². The topological polar surface area (TPSA) is 237 Å². The summed E-state index contributed by atoms with van der Waals surface area (Å²) < 4.78 is 68.3. The molecule has 5 atom stereocenters. The molecule has 0 aromatic carbocycles. The van der Waals surface area contributed by atoms with E-state index in [1.165, 1.54) is 173 Å². The van der Waals surface area contributed by atoms with Gasteiger partial charge >= 0.3 is 39.5 Å². The Morgan fingerprint density at radius 2 is 0.505 bits per heavy atom. The van der Waals surface area contributed by atoms with E-state index in [9.17, 15) is 43.2 Å². The van der Waals surface area contributed by atoms with E-state index < -0.39 is 97.5 Å². The molecule has 0 amide bonds. The monoisotopic (exact) mass is 1340 g/mol. The number of unbranched alkanes of at least 4 members (excludes halogenated alkanes) is 38. The molecule has 0 aliphatic carbocycles. The third-order valence-corrected chi connectivity index (χ3v) is 18.5. The number of aliphatic hydroxyl groups is 1. The summed E-state index contributed by atoms with van der Waals surface area (Å²) in [6.45, 7) is 11.8. The molecule has 0 aromatic heterocycles. The average molecular weight is 1340 g/mol. The zero-order valence-electron chi connectivity index (χ0n) is 59.3. The second kappa shape index (κ2) is 62.8. The molecule has 17 nitrogen and oxygen atoms in total. The van der Waals surface area contributed by atoms with Gasteiger partial charge in [-0.25, -0.2) is 9.13 Å². The van der Waals surface area contributed by atoms with Crippen molar-refractivity contribution in [2.45, 2.75) is 381 Å². The number of carbonyl (C=O) groups is 4. The summed E-state index contributed by atoms with van der Waals surface area (Å²) in [5.74, 6) is 0.125. The average Bonchev–Trinajstić information content (AvgIpc) is 3.63. The summed E-state index contributed by atoms with van der Waals surface area (Å²) in [7, 11) is -9.90. The number of carbonyl (C=O) groups excluding carboxylic acids is 4. The predicted molar refractivity (Wildman–Crippen MR) is 368 cm³/mol. The zero-order chi connectivity index (χ0) is 67.3. The van der Waals surface area contributed by atoms with Crippen LogP contribution in [0.3, 0.4) is 0 Å². The maximum atomic E-state index is 13.0. The fourth-order valence-electron chi connectivity index (χ4n) is 10.9. The van der Waals surface area contributed by atoms with Crippen molar-refractivity contribution >= 4 is 39.5 Å². The Hall–Kier alpha value is -1.94. The van der Waals surface area contributed by atoms with Gasteiger partial charge in [0.15, 0.2) is 12.2 Å². The van der Waals surface area contributed by atoms with Crippen molar-refractivity contribution in [2.75, 3.05) is 39.6 Å². The molecule has 91 heavy (non-hydrogen) atoms. The summed E-state index contributed by atoms with van der Waals surface area (Å²) in [5, 5.41) is 10.6. The molecule has 0 heterocycles. The molecular weight excluding hydrogens is 1200 g/mol. The van der Waals surface area contributed by atoms with Crippen LogP contribution < -0.4 is 0 Å². The molecule has 0 bridgehead atoms. The Bertz CT molecular complexity index is 1780. The first kappa shape index (κ1) is 89.1. The van der Waals surface area contributed by atoms with Crippen LogP contribution in [0.4, 0.5) is 0 Å². The van der Waals surface area contributed by atoms with E-state index in [2.05, 4.69) is 48.5 Å². The first-order valence-corrected chi connectivity index (χ1v) is 40.3. The maximum absolute atomic E-state index is 13.0. The highest BCUT2D eigenvalue weighted by Gasteiger charge is 2.30. The van der Waals surface area contributed by atoms with E-state index in [-0.39, 0.29) is 25.7 Å². The van der Waals surface area contributed by atoms with Gasteiger partial charge in [0.1, 0.15) is 19.3 Å². The number of hydrogen-bond acceptors (Lipinski definition) is 15.